The van der Waals surface area contributed by atoms with E-state index in [1.54, 1.807) is 30.3 Å². The van der Waals surface area contributed by atoms with E-state index in [1.807, 2.05) is 23.1 Å². The van der Waals surface area contributed by atoms with E-state index in [0.717, 1.165) is 13.1 Å². The summed E-state index contributed by atoms with van der Waals surface area (Å²) in [6.07, 6.45) is 0. The highest BCUT2D eigenvalue weighted by Crippen LogP contribution is 2.15. The molecule has 27 heavy (non-hydrogen) atoms. The van der Waals surface area contributed by atoms with Crippen molar-refractivity contribution in [3.8, 4) is 0 Å². The molecule has 0 aliphatic carbocycles. The number of piperazine rings is 1. The maximum absolute atomic E-state index is 12.6. The van der Waals surface area contributed by atoms with E-state index in [1.165, 1.54) is 0 Å². The van der Waals surface area contributed by atoms with E-state index in [9.17, 15) is 9.59 Å². The highest BCUT2D eigenvalue weighted by atomic mass is 35.5. The minimum absolute atomic E-state index is 0.00520. The fourth-order valence-electron chi connectivity index (χ4n) is 3.33. The number of benzene rings is 2. The molecule has 2 aromatic carbocycles. The lowest BCUT2D eigenvalue weighted by atomic mass is 10.2. The van der Waals surface area contributed by atoms with Crippen molar-refractivity contribution in [2.45, 2.75) is 6.54 Å². The molecule has 1 aromatic heterocycles. The first-order valence-corrected chi connectivity index (χ1v) is 9.23. The molecule has 0 radical (unpaired) electrons. The van der Waals surface area contributed by atoms with Crippen molar-refractivity contribution in [3.63, 3.8) is 0 Å². The van der Waals surface area contributed by atoms with Crippen molar-refractivity contribution < 1.29 is 4.79 Å². The average molecular weight is 383 g/mol. The van der Waals surface area contributed by atoms with Crippen molar-refractivity contribution in [1.29, 1.82) is 0 Å². The minimum Gasteiger partial charge on any atom is -0.336 e. The molecular formula is C20H19ClN4O2. The monoisotopic (exact) mass is 382 g/mol. The van der Waals surface area contributed by atoms with Gasteiger partial charge in [0.05, 0.1) is 17.4 Å². The Morgan fingerprint density at radius 3 is 2.63 bits per heavy atom. The number of aromatic amines is 1. The van der Waals surface area contributed by atoms with Gasteiger partial charge < -0.3 is 9.88 Å². The number of H-pyrrole nitrogens is 1. The lowest BCUT2D eigenvalue weighted by Crippen LogP contribution is -2.48. The van der Waals surface area contributed by atoms with Gasteiger partial charge in [0.15, 0.2) is 0 Å². The number of hydrogen-bond acceptors (Lipinski definition) is 4. The van der Waals surface area contributed by atoms with E-state index in [-0.39, 0.29) is 11.5 Å². The molecule has 138 valence electrons. The number of aromatic nitrogens is 2. The molecule has 0 saturated carbocycles. The SMILES string of the molecule is O=C(c1cccc(Cl)c1)N1CCN(Cc2nc3ccccc3c(=O)[nH]2)CC1. The van der Waals surface area contributed by atoms with Crippen LogP contribution in [0.1, 0.15) is 16.2 Å². The van der Waals surface area contributed by atoms with Gasteiger partial charge in [-0.15, -0.1) is 0 Å². The number of hydrogen-bond donors (Lipinski definition) is 1. The fourth-order valence-corrected chi connectivity index (χ4v) is 3.53. The van der Waals surface area contributed by atoms with Gasteiger partial charge in [-0.2, -0.15) is 0 Å². The summed E-state index contributed by atoms with van der Waals surface area (Å²) < 4.78 is 0. The maximum Gasteiger partial charge on any atom is 0.258 e. The van der Waals surface area contributed by atoms with Gasteiger partial charge in [-0.3, -0.25) is 14.5 Å². The molecule has 0 unspecified atom stereocenters. The van der Waals surface area contributed by atoms with E-state index in [4.69, 9.17) is 11.6 Å². The van der Waals surface area contributed by atoms with Crippen molar-refractivity contribution in [1.82, 2.24) is 19.8 Å². The number of fused-ring (bicyclic) bond motifs is 1. The normalized spacial score (nSPS) is 15.2. The number of amides is 1. The topological polar surface area (TPSA) is 69.3 Å². The third kappa shape index (κ3) is 3.86. The zero-order valence-corrected chi connectivity index (χ0v) is 15.4. The van der Waals surface area contributed by atoms with Crippen LogP contribution in [0.3, 0.4) is 0 Å². The molecule has 1 aliphatic rings. The number of carbonyl (C=O) groups excluding carboxylic acids is 1. The Morgan fingerprint density at radius 1 is 1.07 bits per heavy atom. The van der Waals surface area contributed by atoms with Crippen molar-refractivity contribution in [3.05, 3.63) is 75.3 Å². The summed E-state index contributed by atoms with van der Waals surface area (Å²) in [6, 6.07) is 14.3. The number of rotatable bonds is 3. The molecule has 3 aromatic rings. The molecule has 1 aliphatic heterocycles. The summed E-state index contributed by atoms with van der Waals surface area (Å²) in [5, 5.41) is 1.16. The Morgan fingerprint density at radius 2 is 1.85 bits per heavy atom. The van der Waals surface area contributed by atoms with E-state index < -0.39 is 0 Å². The molecule has 4 rings (SSSR count). The average Bonchev–Trinajstić information content (AvgIpc) is 2.68. The molecular weight excluding hydrogens is 364 g/mol. The first-order valence-electron chi connectivity index (χ1n) is 8.85. The largest absolute Gasteiger partial charge is 0.336 e. The zero-order valence-electron chi connectivity index (χ0n) is 14.7. The summed E-state index contributed by atoms with van der Waals surface area (Å²) >= 11 is 5.98. The highest BCUT2D eigenvalue weighted by molar-refractivity contribution is 6.30. The van der Waals surface area contributed by atoms with Gasteiger partial charge in [0.1, 0.15) is 5.82 Å². The van der Waals surface area contributed by atoms with Gasteiger partial charge >= 0.3 is 0 Å². The molecule has 0 spiro atoms. The predicted octanol–water partition coefficient (Wildman–Crippen LogP) is 2.53. The second-order valence-corrected chi connectivity index (χ2v) is 7.04. The molecule has 1 fully saturated rings. The third-order valence-electron chi connectivity index (χ3n) is 4.77. The molecule has 0 bridgehead atoms. The number of para-hydroxylation sites is 1. The summed E-state index contributed by atoms with van der Waals surface area (Å²) in [5.74, 6) is 0.641. The van der Waals surface area contributed by atoms with Crippen LogP contribution in [0.4, 0.5) is 0 Å². The van der Waals surface area contributed by atoms with Gasteiger partial charge in [-0.1, -0.05) is 29.8 Å². The molecule has 2 heterocycles. The van der Waals surface area contributed by atoms with E-state index in [2.05, 4.69) is 14.9 Å². The van der Waals surface area contributed by atoms with Crippen molar-refractivity contribution in [2.24, 2.45) is 0 Å². The smallest absolute Gasteiger partial charge is 0.258 e. The Bertz CT molecular complexity index is 1040. The number of carbonyl (C=O) groups is 1. The van der Waals surface area contributed by atoms with E-state index in [0.29, 0.717) is 46.9 Å². The fraction of sp³-hybridized carbons (Fsp3) is 0.250. The number of halogens is 1. The summed E-state index contributed by atoms with van der Waals surface area (Å²) in [6.45, 7) is 3.26. The van der Waals surface area contributed by atoms with Crippen LogP contribution in [-0.2, 0) is 6.54 Å². The van der Waals surface area contributed by atoms with Crippen LogP contribution in [0.5, 0.6) is 0 Å². The van der Waals surface area contributed by atoms with Crippen LogP contribution in [0.15, 0.2) is 53.3 Å². The summed E-state index contributed by atoms with van der Waals surface area (Å²) in [7, 11) is 0. The quantitative estimate of drug-likeness (QED) is 0.755. The highest BCUT2D eigenvalue weighted by Gasteiger charge is 2.22. The van der Waals surface area contributed by atoms with Crippen LogP contribution in [0.2, 0.25) is 5.02 Å². The van der Waals surface area contributed by atoms with Gasteiger partial charge in [0.2, 0.25) is 0 Å². The van der Waals surface area contributed by atoms with Crippen LogP contribution >= 0.6 is 11.6 Å². The van der Waals surface area contributed by atoms with Gasteiger partial charge in [-0.25, -0.2) is 4.98 Å². The standard InChI is InChI=1S/C20H19ClN4O2/c21-15-5-3-4-14(12-15)20(27)25-10-8-24(9-11-25)13-18-22-17-7-2-1-6-16(17)19(26)23-18/h1-7,12H,8-11,13H2,(H,22,23,26). The summed E-state index contributed by atoms with van der Waals surface area (Å²) in [5.41, 5.74) is 1.19. The minimum atomic E-state index is -0.120. The lowest BCUT2D eigenvalue weighted by molar-refractivity contribution is 0.0625. The molecule has 1 amide bonds. The Labute approximate surface area is 161 Å². The van der Waals surface area contributed by atoms with Crippen LogP contribution in [-0.4, -0.2) is 51.9 Å². The molecule has 7 heteroatoms. The van der Waals surface area contributed by atoms with E-state index >= 15 is 0 Å². The van der Waals surface area contributed by atoms with Crippen LogP contribution in [0.25, 0.3) is 10.9 Å². The Balaban J connectivity index is 1.41. The molecule has 6 nitrogen and oxygen atoms in total. The number of nitrogens with one attached hydrogen (secondary N) is 1. The maximum atomic E-state index is 12.6. The Kier molecular flexibility index (Phi) is 4.92. The first-order chi connectivity index (χ1) is 13.1. The molecule has 0 atom stereocenters. The molecule has 1 saturated heterocycles. The number of nitrogens with zero attached hydrogens (tertiary/aromatic N) is 3. The summed E-state index contributed by atoms with van der Waals surface area (Å²) in [4.78, 5) is 36.2. The van der Waals surface area contributed by atoms with Crippen molar-refractivity contribution in [2.75, 3.05) is 26.2 Å². The predicted molar refractivity (Wildman–Crippen MR) is 105 cm³/mol. The zero-order chi connectivity index (χ0) is 18.8. The van der Waals surface area contributed by atoms with Crippen LogP contribution in [0, 0.1) is 0 Å². The van der Waals surface area contributed by atoms with Gasteiger partial charge in [0.25, 0.3) is 11.5 Å². The third-order valence-corrected chi connectivity index (χ3v) is 5.00. The lowest BCUT2D eigenvalue weighted by Gasteiger charge is -2.34. The molecule has 1 N–H and O–H groups in total. The van der Waals surface area contributed by atoms with Crippen LogP contribution < -0.4 is 5.56 Å². The Hall–Kier alpha value is -2.70. The first kappa shape index (κ1) is 17.7. The van der Waals surface area contributed by atoms with Gasteiger partial charge in [-0.05, 0) is 30.3 Å². The van der Waals surface area contributed by atoms with Crippen molar-refractivity contribution >= 4 is 28.4 Å². The second kappa shape index (κ2) is 7.50. The second-order valence-electron chi connectivity index (χ2n) is 6.61. The van der Waals surface area contributed by atoms with Gasteiger partial charge in [0, 0.05) is 36.8 Å².